The number of rotatable bonds is 5. The van der Waals surface area contributed by atoms with Crippen molar-refractivity contribution in [3.8, 4) is 0 Å². The Kier molecular flexibility index (Phi) is 5.30. The summed E-state index contributed by atoms with van der Waals surface area (Å²) in [6.45, 7) is 0.828. The lowest BCUT2D eigenvalue weighted by Gasteiger charge is -2.07. The van der Waals surface area contributed by atoms with E-state index in [1.807, 2.05) is 0 Å². The number of nitrogens with one attached hydrogen (secondary N) is 1. The van der Waals surface area contributed by atoms with Crippen LogP contribution in [-0.4, -0.2) is 40.8 Å². The van der Waals surface area contributed by atoms with Crippen LogP contribution in [0.4, 0.5) is 0 Å². The van der Waals surface area contributed by atoms with Crippen LogP contribution in [0, 0.1) is 0 Å². The molecule has 1 aromatic rings. The third-order valence-electron chi connectivity index (χ3n) is 2.19. The van der Waals surface area contributed by atoms with Gasteiger partial charge in [-0.3, -0.25) is 4.79 Å². The second-order valence-electron chi connectivity index (χ2n) is 3.67. The van der Waals surface area contributed by atoms with Crippen LogP contribution in [0.3, 0.4) is 0 Å². The van der Waals surface area contributed by atoms with E-state index in [-0.39, 0.29) is 10.8 Å². The van der Waals surface area contributed by atoms with Gasteiger partial charge in [-0.15, -0.1) is 0 Å². The van der Waals surface area contributed by atoms with Crippen LogP contribution in [0.5, 0.6) is 0 Å². The number of carbonyl (C=O) groups is 1. The van der Waals surface area contributed by atoms with E-state index in [1.165, 1.54) is 18.2 Å². The van der Waals surface area contributed by atoms with Crippen molar-refractivity contribution < 1.29 is 17.9 Å². The summed E-state index contributed by atoms with van der Waals surface area (Å²) in [6, 6.07) is 4.37. The summed E-state index contributed by atoms with van der Waals surface area (Å²) in [5.74, 6) is -0.271. The number of halogens is 1. The molecule has 0 aliphatic rings. The Morgan fingerprint density at radius 1 is 1.44 bits per heavy atom. The molecule has 0 saturated heterocycles. The topological polar surface area (TPSA) is 72.5 Å². The van der Waals surface area contributed by atoms with E-state index in [0.29, 0.717) is 23.2 Å². The normalized spacial score (nSPS) is 11.3. The predicted molar refractivity (Wildman–Crippen MR) is 71.5 cm³/mol. The Labute approximate surface area is 115 Å². The van der Waals surface area contributed by atoms with Gasteiger partial charge >= 0.3 is 0 Å². The maximum atomic E-state index is 11.7. The average Bonchev–Trinajstić information content (AvgIpc) is 2.27. The van der Waals surface area contributed by atoms with Crippen LogP contribution in [-0.2, 0) is 14.6 Å². The number of methoxy groups -OCH3 is 1. The molecular formula is C11H14BrNO4S. The molecule has 100 valence electrons. The molecule has 5 nitrogen and oxygen atoms in total. The summed E-state index contributed by atoms with van der Waals surface area (Å²) in [5, 5.41) is 2.65. The highest BCUT2D eigenvalue weighted by atomic mass is 79.9. The van der Waals surface area contributed by atoms with E-state index in [1.54, 1.807) is 7.11 Å². The quantitative estimate of drug-likeness (QED) is 0.821. The number of hydrogen-bond acceptors (Lipinski definition) is 4. The Hall–Kier alpha value is -0.920. The van der Waals surface area contributed by atoms with Gasteiger partial charge in [0.1, 0.15) is 0 Å². The number of carbonyl (C=O) groups excluding carboxylic acids is 1. The van der Waals surface area contributed by atoms with Crippen molar-refractivity contribution in [2.24, 2.45) is 0 Å². The molecule has 7 heteroatoms. The van der Waals surface area contributed by atoms with Gasteiger partial charge in [-0.1, -0.05) is 0 Å². The maximum Gasteiger partial charge on any atom is 0.251 e. The fourth-order valence-corrected chi connectivity index (χ4v) is 3.30. The molecule has 0 unspecified atom stereocenters. The second kappa shape index (κ2) is 6.31. The van der Waals surface area contributed by atoms with Crippen molar-refractivity contribution in [2.75, 3.05) is 26.5 Å². The highest BCUT2D eigenvalue weighted by Gasteiger charge is 2.14. The van der Waals surface area contributed by atoms with Gasteiger partial charge in [0.2, 0.25) is 0 Å². The molecule has 1 rings (SSSR count). The van der Waals surface area contributed by atoms with Gasteiger partial charge in [-0.2, -0.15) is 0 Å². The first kappa shape index (κ1) is 15.1. The van der Waals surface area contributed by atoms with Crippen LogP contribution < -0.4 is 5.32 Å². The summed E-state index contributed by atoms with van der Waals surface area (Å²) in [6.07, 6.45) is 1.12. The molecular weight excluding hydrogens is 322 g/mol. The lowest BCUT2D eigenvalue weighted by Crippen LogP contribution is -2.26. The van der Waals surface area contributed by atoms with Gasteiger partial charge in [-0.05, 0) is 34.1 Å². The fraction of sp³-hybridized carbons (Fsp3) is 0.364. The highest BCUT2D eigenvalue weighted by Crippen LogP contribution is 2.23. The van der Waals surface area contributed by atoms with Gasteiger partial charge in [0.05, 0.1) is 11.5 Å². The molecule has 0 aliphatic heterocycles. The second-order valence-corrected chi connectivity index (χ2v) is 6.50. The zero-order valence-corrected chi connectivity index (χ0v) is 12.5. The Morgan fingerprint density at radius 3 is 2.61 bits per heavy atom. The smallest absolute Gasteiger partial charge is 0.251 e. The minimum Gasteiger partial charge on any atom is -0.383 e. The summed E-state index contributed by atoms with van der Waals surface area (Å²) in [4.78, 5) is 11.9. The first-order chi connectivity index (χ1) is 8.36. The van der Waals surface area contributed by atoms with Crippen molar-refractivity contribution in [2.45, 2.75) is 4.90 Å². The van der Waals surface area contributed by atoms with Gasteiger partial charge in [0.15, 0.2) is 9.84 Å². The van der Waals surface area contributed by atoms with Gasteiger partial charge < -0.3 is 10.1 Å². The molecule has 0 atom stereocenters. The van der Waals surface area contributed by atoms with Crippen molar-refractivity contribution >= 4 is 31.7 Å². The van der Waals surface area contributed by atoms with E-state index in [0.717, 1.165) is 6.26 Å². The average molecular weight is 336 g/mol. The minimum atomic E-state index is -3.30. The number of ether oxygens (including phenoxy) is 1. The largest absolute Gasteiger partial charge is 0.383 e. The zero-order valence-electron chi connectivity index (χ0n) is 10.1. The van der Waals surface area contributed by atoms with Crippen LogP contribution in [0.2, 0.25) is 0 Å². The van der Waals surface area contributed by atoms with Crippen molar-refractivity contribution in [3.05, 3.63) is 28.2 Å². The molecule has 1 aromatic carbocycles. The molecule has 0 fully saturated rings. The lowest BCUT2D eigenvalue weighted by atomic mass is 10.2. The third-order valence-corrected chi connectivity index (χ3v) is 4.26. The number of benzene rings is 1. The molecule has 0 aliphatic carbocycles. The first-order valence-corrected chi connectivity index (χ1v) is 7.81. The first-order valence-electron chi connectivity index (χ1n) is 5.13. The molecule has 0 radical (unpaired) electrons. The summed E-state index contributed by atoms with van der Waals surface area (Å²) < 4.78 is 28.0. The van der Waals surface area contributed by atoms with Crippen LogP contribution in [0.25, 0.3) is 0 Å². The maximum absolute atomic E-state index is 11.7. The molecule has 1 amide bonds. The van der Waals surface area contributed by atoms with Crippen molar-refractivity contribution in [1.82, 2.24) is 5.32 Å². The summed E-state index contributed by atoms with van der Waals surface area (Å²) in [7, 11) is -1.75. The SMILES string of the molecule is COCCNC(=O)c1ccc(S(C)(=O)=O)c(Br)c1. The van der Waals surface area contributed by atoms with Crippen LogP contribution in [0.1, 0.15) is 10.4 Å². The number of amides is 1. The Balaban J connectivity index is 2.88. The van der Waals surface area contributed by atoms with Gasteiger partial charge in [0, 0.05) is 29.9 Å². The molecule has 0 spiro atoms. The van der Waals surface area contributed by atoms with E-state index in [2.05, 4.69) is 21.2 Å². The molecule has 0 saturated carbocycles. The predicted octanol–water partition coefficient (Wildman–Crippen LogP) is 1.23. The zero-order chi connectivity index (χ0) is 13.8. The van der Waals surface area contributed by atoms with Crippen molar-refractivity contribution in [1.29, 1.82) is 0 Å². The molecule has 0 bridgehead atoms. The highest BCUT2D eigenvalue weighted by molar-refractivity contribution is 9.10. The van der Waals surface area contributed by atoms with Gasteiger partial charge in [0.25, 0.3) is 5.91 Å². The monoisotopic (exact) mass is 335 g/mol. The Morgan fingerprint density at radius 2 is 2.11 bits per heavy atom. The Bertz CT molecular complexity index is 542. The van der Waals surface area contributed by atoms with E-state index >= 15 is 0 Å². The minimum absolute atomic E-state index is 0.163. The standard InChI is InChI=1S/C11H14BrNO4S/c1-17-6-5-13-11(14)8-3-4-10(9(12)7-8)18(2,15)16/h3-4,7H,5-6H2,1-2H3,(H,13,14). The molecule has 1 N–H and O–H groups in total. The summed E-state index contributed by atoms with van der Waals surface area (Å²) >= 11 is 3.15. The van der Waals surface area contributed by atoms with E-state index in [9.17, 15) is 13.2 Å². The van der Waals surface area contributed by atoms with E-state index < -0.39 is 9.84 Å². The van der Waals surface area contributed by atoms with Crippen molar-refractivity contribution in [3.63, 3.8) is 0 Å². The molecule has 0 heterocycles. The molecule has 18 heavy (non-hydrogen) atoms. The van der Waals surface area contributed by atoms with E-state index in [4.69, 9.17) is 4.74 Å². The molecule has 0 aromatic heterocycles. The van der Waals surface area contributed by atoms with Crippen LogP contribution >= 0.6 is 15.9 Å². The lowest BCUT2D eigenvalue weighted by molar-refractivity contribution is 0.0937. The van der Waals surface area contributed by atoms with Gasteiger partial charge in [-0.25, -0.2) is 8.42 Å². The fourth-order valence-electron chi connectivity index (χ4n) is 1.31. The number of hydrogen-bond donors (Lipinski definition) is 1. The van der Waals surface area contributed by atoms with Crippen LogP contribution in [0.15, 0.2) is 27.6 Å². The summed E-state index contributed by atoms with van der Waals surface area (Å²) in [5.41, 5.74) is 0.394. The third kappa shape index (κ3) is 4.08. The number of sulfone groups is 1.